The molecule has 0 saturated heterocycles. The summed E-state index contributed by atoms with van der Waals surface area (Å²) >= 11 is 0. The Morgan fingerprint density at radius 3 is 2.00 bits per heavy atom. The zero-order chi connectivity index (χ0) is 7.56. The van der Waals surface area contributed by atoms with Crippen molar-refractivity contribution in [2.24, 2.45) is 17.8 Å². The lowest BCUT2D eigenvalue weighted by molar-refractivity contribution is 0.457. The van der Waals surface area contributed by atoms with Gasteiger partial charge in [-0.15, -0.1) is 0 Å². The molecule has 1 rings (SSSR count). The summed E-state index contributed by atoms with van der Waals surface area (Å²) in [6, 6.07) is 0. The molecular weight excluding hydrogens is 120 g/mol. The highest BCUT2D eigenvalue weighted by atomic mass is 14.3. The molecule has 0 nitrogen and oxygen atoms in total. The van der Waals surface area contributed by atoms with Crippen LogP contribution in [0.1, 0.15) is 46.5 Å². The van der Waals surface area contributed by atoms with Gasteiger partial charge in [0, 0.05) is 0 Å². The molecule has 1 aliphatic rings. The largest absolute Gasteiger partial charge is 0.0654 e. The SMILES string of the molecule is CCCC1CC(C)C(C)C1. The number of hydrogen-bond acceptors (Lipinski definition) is 0. The smallest absolute Gasteiger partial charge is 0.0409 e. The highest BCUT2D eigenvalue weighted by Crippen LogP contribution is 2.37. The zero-order valence-corrected chi connectivity index (χ0v) is 7.56. The lowest BCUT2D eigenvalue weighted by Crippen LogP contribution is -1.95. The Labute approximate surface area is 65.0 Å². The average Bonchev–Trinajstić information content (AvgIpc) is 2.14. The van der Waals surface area contributed by atoms with Crippen molar-refractivity contribution in [3.8, 4) is 0 Å². The molecule has 0 aromatic rings. The molecule has 0 heterocycles. The molecular formula is C10H20. The summed E-state index contributed by atoms with van der Waals surface area (Å²) in [5.41, 5.74) is 0. The van der Waals surface area contributed by atoms with Crippen LogP contribution in [0.4, 0.5) is 0 Å². The van der Waals surface area contributed by atoms with Crippen LogP contribution in [0.3, 0.4) is 0 Å². The summed E-state index contributed by atoms with van der Waals surface area (Å²) in [6.45, 7) is 7.11. The fourth-order valence-electron chi connectivity index (χ4n) is 2.26. The Morgan fingerprint density at radius 2 is 1.60 bits per heavy atom. The first-order valence-electron chi connectivity index (χ1n) is 4.74. The second kappa shape index (κ2) is 3.41. The van der Waals surface area contributed by atoms with E-state index >= 15 is 0 Å². The molecule has 0 radical (unpaired) electrons. The fourth-order valence-corrected chi connectivity index (χ4v) is 2.26. The van der Waals surface area contributed by atoms with Crippen molar-refractivity contribution in [1.82, 2.24) is 0 Å². The van der Waals surface area contributed by atoms with Gasteiger partial charge in [0.1, 0.15) is 0 Å². The van der Waals surface area contributed by atoms with Crippen molar-refractivity contribution in [2.75, 3.05) is 0 Å². The van der Waals surface area contributed by atoms with Crippen LogP contribution in [-0.4, -0.2) is 0 Å². The third-order valence-electron chi connectivity index (χ3n) is 3.08. The molecule has 2 unspecified atom stereocenters. The normalized spacial score (nSPS) is 40.5. The van der Waals surface area contributed by atoms with Crippen molar-refractivity contribution < 1.29 is 0 Å². The van der Waals surface area contributed by atoms with E-state index in [1.807, 2.05) is 0 Å². The molecule has 10 heavy (non-hydrogen) atoms. The Morgan fingerprint density at radius 1 is 1.10 bits per heavy atom. The van der Waals surface area contributed by atoms with Crippen LogP contribution in [0.5, 0.6) is 0 Å². The van der Waals surface area contributed by atoms with E-state index in [1.54, 1.807) is 0 Å². The molecule has 60 valence electrons. The van der Waals surface area contributed by atoms with Gasteiger partial charge in [-0.1, -0.05) is 33.6 Å². The van der Waals surface area contributed by atoms with E-state index in [0.717, 1.165) is 17.8 Å². The quantitative estimate of drug-likeness (QED) is 0.551. The molecule has 2 atom stereocenters. The van der Waals surface area contributed by atoms with Crippen LogP contribution >= 0.6 is 0 Å². The minimum atomic E-state index is 0.997. The minimum absolute atomic E-state index is 0.997. The van der Waals surface area contributed by atoms with Gasteiger partial charge in [0.15, 0.2) is 0 Å². The molecule has 1 fully saturated rings. The van der Waals surface area contributed by atoms with Gasteiger partial charge in [-0.3, -0.25) is 0 Å². The summed E-state index contributed by atoms with van der Waals surface area (Å²) < 4.78 is 0. The van der Waals surface area contributed by atoms with Gasteiger partial charge in [0.2, 0.25) is 0 Å². The van der Waals surface area contributed by atoms with E-state index in [4.69, 9.17) is 0 Å². The first-order chi connectivity index (χ1) is 4.74. The summed E-state index contributed by atoms with van der Waals surface area (Å²) in [4.78, 5) is 0. The first kappa shape index (κ1) is 8.10. The van der Waals surface area contributed by atoms with E-state index in [-0.39, 0.29) is 0 Å². The maximum Gasteiger partial charge on any atom is -0.0409 e. The topological polar surface area (TPSA) is 0 Å². The van der Waals surface area contributed by atoms with Gasteiger partial charge in [0.25, 0.3) is 0 Å². The summed E-state index contributed by atoms with van der Waals surface area (Å²) in [5, 5.41) is 0. The standard InChI is InChI=1S/C10H20/c1-4-5-10-6-8(2)9(3)7-10/h8-10H,4-7H2,1-3H3. The first-order valence-corrected chi connectivity index (χ1v) is 4.74. The summed E-state index contributed by atoms with van der Waals surface area (Å²) in [7, 11) is 0. The van der Waals surface area contributed by atoms with E-state index in [1.165, 1.54) is 25.7 Å². The minimum Gasteiger partial charge on any atom is -0.0654 e. The number of hydrogen-bond donors (Lipinski definition) is 0. The monoisotopic (exact) mass is 140 g/mol. The molecule has 0 heteroatoms. The van der Waals surface area contributed by atoms with Crippen LogP contribution in [0.15, 0.2) is 0 Å². The highest BCUT2D eigenvalue weighted by Gasteiger charge is 2.26. The maximum atomic E-state index is 2.40. The Bertz CT molecular complexity index is 86.2. The van der Waals surface area contributed by atoms with E-state index in [0.29, 0.717) is 0 Å². The van der Waals surface area contributed by atoms with Gasteiger partial charge in [-0.2, -0.15) is 0 Å². The molecule has 0 spiro atoms. The molecule has 0 N–H and O–H groups in total. The van der Waals surface area contributed by atoms with Gasteiger partial charge < -0.3 is 0 Å². The molecule has 0 aromatic heterocycles. The lowest BCUT2D eigenvalue weighted by Gasteiger charge is -2.05. The predicted octanol–water partition coefficient (Wildman–Crippen LogP) is 3.47. The van der Waals surface area contributed by atoms with Gasteiger partial charge in [0.05, 0.1) is 0 Å². The molecule has 1 saturated carbocycles. The van der Waals surface area contributed by atoms with Crippen molar-refractivity contribution >= 4 is 0 Å². The van der Waals surface area contributed by atoms with E-state index in [2.05, 4.69) is 20.8 Å². The molecule has 0 amide bonds. The van der Waals surface area contributed by atoms with Crippen molar-refractivity contribution in [3.05, 3.63) is 0 Å². The molecule has 0 bridgehead atoms. The van der Waals surface area contributed by atoms with Gasteiger partial charge in [-0.25, -0.2) is 0 Å². The van der Waals surface area contributed by atoms with Crippen molar-refractivity contribution in [1.29, 1.82) is 0 Å². The molecule has 1 aliphatic carbocycles. The van der Waals surface area contributed by atoms with Gasteiger partial charge >= 0.3 is 0 Å². The third-order valence-corrected chi connectivity index (χ3v) is 3.08. The van der Waals surface area contributed by atoms with Crippen LogP contribution in [-0.2, 0) is 0 Å². The Hall–Kier alpha value is 0. The molecule has 0 aliphatic heterocycles. The lowest BCUT2D eigenvalue weighted by atomic mass is 10.0. The van der Waals surface area contributed by atoms with Crippen LogP contribution in [0.25, 0.3) is 0 Å². The number of rotatable bonds is 2. The van der Waals surface area contributed by atoms with Gasteiger partial charge in [-0.05, 0) is 30.6 Å². The van der Waals surface area contributed by atoms with E-state index < -0.39 is 0 Å². The second-order valence-corrected chi connectivity index (χ2v) is 4.08. The second-order valence-electron chi connectivity index (χ2n) is 4.08. The van der Waals surface area contributed by atoms with Crippen LogP contribution in [0.2, 0.25) is 0 Å². The molecule has 0 aromatic carbocycles. The maximum absolute atomic E-state index is 2.40. The average molecular weight is 140 g/mol. The summed E-state index contributed by atoms with van der Waals surface area (Å²) in [5.74, 6) is 3.06. The van der Waals surface area contributed by atoms with Crippen molar-refractivity contribution in [2.45, 2.75) is 46.5 Å². The highest BCUT2D eigenvalue weighted by molar-refractivity contribution is 4.77. The van der Waals surface area contributed by atoms with Crippen LogP contribution < -0.4 is 0 Å². The zero-order valence-electron chi connectivity index (χ0n) is 7.56. The Balaban J connectivity index is 2.27. The summed E-state index contributed by atoms with van der Waals surface area (Å²) in [6.07, 6.45) is 5.84. The third kappa shape index (κ3) is 1.74. The van der Waals surface area contributed by atoms with Crippen molar-refractivity contribution in [3.63, 3.8) is 0 Å². The van der Waals surface area contributed by atoms with Crippen LogP contribution in [0, 0.1) is 17.8 Å². The van der Waals surface area contributed by atoms with E-state index in [9.17, 15) is 0 Å². The predicted molar refractivity (Wildman–Crippen MR) is 46.0 cm³/mol. The Kier molecular flexibility index (Phi) is 2.76. The fraction of sp³-hybridized carbons (Fsp3) is 1.00.